The molecule has 0 rings (SSSR count). The third kappa shape index (κ3) is 6.43. The zero-order chi connectivity index (χ0) is 7.82. The Labute approximate surface area is 69.0 Å². The lowest BCUT2D eigenvalue weighted by atomic mass is 10.1. The van der Waals surface area contributed by atoms with Gasteiger partial charge in [-0.3, -0.25) is 0 Å². The summed E-state index contributed by atoms with van der Waals surface area (Å²) < 4.78 is 0. The third-order valence-corrected chi connectivity index (χ3v) is 2.43. The minimum Gasteiger partial charge on any atom is -0.317 e. The van der Waals surface area contributed by atoms with Crippen LogP contribution in [0.15, 0.2) is 0 Å². The molecule has 1 atom stereocenters. The van der Waals surface area contributed by atoms with Gasteiger partial charge in [0.1, 0.15) is 0 Å². The van der Waals surface area contributed by atoms with Crippen molar-refractivity contribution in [2.24, 2.45) is 0 Å². The smallest absolute Gasteiger partial charge is 0.00357 e. The lowest BCUT2D eigenvalue weighted by molar-refractivity contribution is 0.539. The molecule has 0 aromatic heterocycles. The molecular weight excluding hydrogens is 142 g/mol. The van der Waals surface area contributed by atoms with Gasteiger partial charge in [0, 0.05) is 6.04 Å². The highest BCUT2D eigenvalue weighted by Gasteiger charge is 1.95. The van der Waals surface area contributed by atoms with E-state index in [1.807, 2.05) is 18.8 Å². The lowest BCUT2D eigenvalue weighted by Gasteiger charge is -2.08. The molecular formula is C8H19NS. The van der Waals surface area contributed by atoms with E-state index in [2.05, 4.69) is 18.5 Å². The van der Waals surface area contributed by atoms with Crippen molar-refractivity contribution in [1.29, 1.82) is 0 Å². The Morgan fingerprint density at radius 2 is 2.10 bits per heavy atom. The Morgan fingerprint density at radius 3 is 2.60 bits per heavy atom. The van der Waals surface area contributed by atoms with Crippen LogP contribution in [0.25, 0.3) is 0 Å². The molecule has 1 nitrogen and oxygen atoms in total. The summed E-state index contributed by atoms with van der Waals surface area (Å²) in [6.45, 7) is 2.24. The molecule has 10 heavy (non-hydrogen) atoms. The van der Waals surface area contributed by atoms with Gasteiger partial charge in [0.2, 0.25) is 0 Å². The largest absolute Gasteiger partial charge is 0.317 e. The van der Waals surface area contributed by atoms with E-state index in [0.29, 0.717) is 6.04 Å². The highest BCUT2D eigenvalue weighted by Crippen LogP contribution is 2.04. The number of thioether (sulfide) groups is 1. The molecule has 0 aliphatic heterocycles. The molecule has 0 amide bonds. The van der Waals surface area contributed by atoms with E-state index in [4.69, 9.17) is 0 Å². The highest BCUT2D eigenvalue weighted by molar-refractivity contribution is 7.98. The zero-order valence-electron chi connectivity index (χ0n) is 7.31. The van der Waals surface area contributed by atoms with Crippen molar-refractivity contribution >= 4 is 11.8 Å². The maximum absolute atomic E-state index is 3.24. The van der Waals surface area contributed by atoms with E-state index in [1.54, 1.807) is 0 Å². The normalized spacial score (nSPS) is 13.5. The molecule has 0 radical (unpaired) electrons. The monoisotopic (exact) mass is 161 g/mol. The van der Waals surface area contributed by atoms with Crippen LogP contribution in [0.5, 0.6) is 0 Å². The topological polar surface area (TPSA) is 12.0 Å². The number of nitrogens with one attached hydrogen (secondary N) is 1. The molecule has 62 valence electrons. The van der Waals surface area contributed by atoms with E-state index in [0.717, 1.165) is 0 Å². The summed E-state index contributed by atoms with van der Waals surface area (Å²) >= 11 is 1.94. The van der Waals surface area contributed by atoms with Crippen LogP contribution in [0.1, 0.15) is 26.2 Å². The summed E-state index contributed by atoms with van der Waals surface area (Å²) in [5.41, 5.74) is 0. The first-order chi connectivity index (χ1) is 4.81. The average Bonchev–Trinajstić information content (AvgIpc) is 1.98. The van der Waals surface area contributed by atoms with Gasteiger partial charge in [0.05, 0.1) is 0 Å². The van der Waals surface area contributed by atoms with Gasteiger partial charge in [-0.05, 0) is 38.8 Å². The molecule has 2 heteroatoms. The third-order valence-electron chi connectivity index (χ3n) is 1.73. The quantitative estimate of drug-likeness (QED) is 0.599. The van der Waals surface area contributed by atoms with Gasteiger partial charge in [-0.25, -0.2) is 0 Å². The van der Waals surface area contributed by atoms with Gasteiger partial charge in [-0.2, -0.15) is 11.8 Å². The molecule has 0 heterocycles. The van der Waals surface area contributed by atoms with Gasteiger partial charge >= 0.3 is 0 Å². The fourth-order valence-corrected chi connectivity index (χ4v) is 1.33. The molecule has 0 aromatic carbocycles. The Bertz CT molecular complexity index is 66.3. The summed E-state index contributed by atoms with van der Waals surface area (Å²) in [5, 5.41) is 3.24. The van der Waals surface area contributed by atoms with Crippen molar-refractivity contribution in [3.63, 3.8) is 0 Å². The lowest BCUT2D eigenvalue weighted by Crippen LogP contribution is -2.20. The van der Waals surface area contributed by atoms with Crippen LogP contribution in [0.4, 0.5) is 0 Å². The van der Waals surface area contributed by atoms with Crippen molar-refractivity contribution < 1.29 is 0 Å². The standard InChI is InChI=1S/C8H19NS/c1-8(9-2)6-4-5-7-10-3/h8-9H,4-7H2,1-3H3. The van der Waals surface area contributed by atoms with E-state index < -0.39 is 0 Å². The predicted octanol–water partition coefficient (Wildman–Crippen LogP) is 2.13. The second kappa shape index (κ2) is 7.42. The van der Waals surface area contributed by atoms with E-state index in [-0.39, 0.29) is 0 Å². The first-order valence-corrected chi connectivity index (χ1v) is 5.37. The SMILES string of the molecule is CNC(C)CCCCSC. The predicted molar refractivity (Wildman–Crippen MR) is 50.8 cm³/mol. The molecule has 0 aliphatic rings. The molecule has 0 aromatic rings. The van der Waals surface area contributed by atoms with Crippen LogP contribution in [0.3, 0.4) is 0 Å². The van der Waals surface area contributed by atoms with Crippen LogP contribution in [0, 0.1) is 0 Å². The van der Waals surface area contributed by atoms with Gasteiger partial charge in [0.25, 0.3) is 0 Å². The molecule has 0 spiro atoms. The average molecular weight is 161 g/mol. The van der Waals surface area contributed by atoms with Gasteiger partial charge in [-0.1, -0.05) is 6.42 Å². The molecule has 0 bridgehead atoms. The van der Waals surface area contributed by atoms with E-state index in [9.17, 15) is 0 Å². The van der Waals surface area contributed by atoms with Gasteiger partial charge in [-0.15, -0.1) is 0 Å². The second-order valence-electron chi connectivity index (χ2n) is 2.68. The van der Waals surface area contributed by atoms with Gasteiger partial charge < -0.3 is 5.32 Å². The molecule has 0 saturated carbocycles. The van der Waals surface area contributed by atoms with Crippen molar-refractivity contribution in [2.45, 2.75) is 32.2 Å². The molecule has 1 N–H and O–H groups in total. The maximum Gasteiger partial charge on any atom is 0.00357 e. The van der Waals surface area contributed by atoms with Gasteiger partial charge in [0.15, 0.2) is 0 Å². The summed E-state index contributed by atoms with van der Waals surface area (Å²) in [5.74, 6) is 1.32. The molecule has 0 saturated heterocycles. The minimum atomic E-state index is 0.696. The van der Waals surface area contributed by atoms with Crippen LogP contribution >= 0.6 is 11.8 Å². The second-order valence-corrected chi connectivity index (χ2v) is 3.66. The first-order valence-electron chi connectivity index (χ1n) is 3.97. The van der Waals surface area contributed by atoms with E-state index in [1.165, 1.54) is 25.0 Å². The maximum atomic E-state index is 3.24. The minimum absolute atomic E-state index is 0.696. The fourth-order valence-electron chi connectivity index (χ4n) is 0.841. The summed E-state index contributed by atoms with van der Waals surface area (Å²) in [6.07, 6.45) is 6.22. The number of unbranched alkanes of at least 4 members (excludes halogenated alkanes) is 1. The van der Waals surface area contributed by atoms with Crippen molar-refractivity contribution in [3.8, 4) is 0 Å². The molecule has 0 aliphatic carbocycles. The zero-order valence-corrected chi connectivity index (χ0v) is 8.13. The summed E-state index contributed by atoms with van der Waals surface area (Å²) in [4.78, 5) is 0. The van der Waals surface area contributed by atoms with Crippen molar-refractivity contribution in [2.75, 3.05) is 19.1 Å². The number of hydrogen-bond donors (Lipinski definition) is 1. The van der Waals surface area contributed by atoms with Crippen LogP contribution < -0.4 is 5.32 Å². The Hall–Kier alpha value is 0.310. The Balaban J connectivity index is 2.89. The molecule has 1 unspecified atom stereocenters. The fraction of sp³-hybridized carbons (Fsp3) is 1.00. The van der Waals surface area contributed by atoms with Crippen LogP contribution in [-0.4, -0.2) is 25.1 Å². The number of rotatable bonds is 6. The summed E-state index contributed by atoms with van der Waals surface area (Å²) in [7, 11) is 2.03. The van der Waals surface area contributed by atoms with Crippen LogP contribution in [-0.2, 0) is 0 Å². The van der Waals surface area contributed by atoms with Crippen LogP contribution in [0.2, 0.25) is 0 Å². The number of hydrogen-bond acceptors (Lipinski definition) is 2. The Kier molecular flexibility index (Phi) is 7.65. The highest BCUT2D eigenvalue weighted by atomic mass is 32.2. The summed E-state index contributed by atoms with van der Waals surface area (Å²) in [6, 6.07) is 0.696. The molecule has 0 fully saturated rings. The Morgan fingerprint density at radius 1 is 1.40 bits per heavy atom. The van der Waals surface area contributed by atoms with Crippen molar-refractivity contribution in [1.82, 2.24) is 5.32 Å². The van der Waals surface area contributed by atoms with Crippen molar-refractivity contribution in [3.05, 3.63) is 0 Å². The van der Waals surface area contributed by atoms with E-state index >= 15 is 0 Å². The first kappa shape index (κ1) is 10.3.